The number of nitro benzene ring substituents is 1. The van der Waals surface area contributed by atoms with Gasteiger partial charge in [-0.1, -0.05) is 32.9 Å². The number of anilines is 2. The fourth-order valence-corrected chi connectivity index (χ4v) is 3.47. The molecule has 0 saturated carbocycles. The number of nitrogens with two attached hydrogens (primary N) is 1. The second kappa shape index (κ2) is 7.56. The number of hydrogen-bond donors (Lipinski definition) is 1. The van der Waals surface area contributed by atoms with Crippen molar-refractivity contribution in [3.05, 3.63) is 63.2 Å². The Kier molecular flexibility index (Phi) is 5.80. The highest BCUT2D eigenvalue weighted by Crippen LogP contribution is 2.35. The van der Waals surface area contributed by atoms with Gasteiger partial charge in [-0.25, -0.2) is 0 Å². The normalized spacial score (nSPS) is 13.5. The van der Waals surface area contributed by atoms with E-state index in [-0.39, 0.29) is 29.4 Å². The van der Waals surface area contributed by atoms with Gasteiger partial charge in [0.1, 0.15) is 0 Å². The van der Waals surface area contributed by atoms with Gasteiger partial charge in [0.05, 0.1) is 4.92 Å². The Hall–Kier alpha value is -2.60. The van der Waals surface area contributed by atoms with Crippen LogP contribution in [0.4, 0.5) is 17.1 Å². The van der Waals surface area contributed by atoms with Crippen LogP contribution in [0.15, 0.2) is 36.4 Å². The van der Waals surface area contributed by atoms with Crippen LogP contribution in [0.25, 0.3) is 0 Å². The van der Waals surface area contributed by atoms with Crippen molar-refractivity contribution in [2.75, 3.05) is 17.2 Å². The molecule has 27 heavy (non-hydrogen) atoms. The van der Waals surface area contributed by atoms with Gasteiger partial charge in [0.25, 0.3) is 11.6 Å². The van der Waals surface area contributed by atoms with E-state index in [4.69, 9.17) is 5.73 Å². The minimum Gasteiger partial charge on any atom is -0.398 e. The number of rotatable bonds is 2. The van der Waals surface area contributed by atoms with Crippen molar-refractivity contribution in [2.24, 2.45) is 0 Å². The minimum atomic E-state index is -0.417. The van der Waals surface area contributed by atoms with E-state index >= 15 is 0 Å². The Morgan fingerprint density at radius 2 is 1.93 bits per heavy atom. The van der Waals surface area contributed by atoms with Crippen LogP contribution < -0.4 is 10.6 Å². The number of fused-ring (bicyclic) bond motifs is 1. The van der Waals surface area contributed by atoms with Gasteiger partial charge in [0, 0.05) is 35.1 Å². The zero-order valence-corrected chi connectivity index (χ0v) is 16.5. The molecule has 7 heteroatoms. The first-order chi connectivity index (χ1) is 12.2. The van der Waals surface area contributed by atoms with Gasteiger partial charge < -0.3 is 10.6 Å². The summed E-state index contributed by atoms with van der Waals surface area (Å²) in [6.07, 6.45) is 1.64. The van der Waals surface area contributed by atoms with Crippen LogP contribution in [-0.4, -0.2) is 17.4 Å². The molecular formula is C20H24ClN3O3. The molecule has 1 aliphatic heterocycles. The summed E-state index contributed by atoms with van der Waals surface area (Å²) in [6, 6.07) is 10.3. The standard InChI is InChI=1S/C20H23N3O3.ClH/c1-20(2,3)15-10-9-13(12-18(15)23(25)26)19(24)22-11-5-6-14-16(21)7-4-8-17(14)22;/h4,7-10,12H,5-6,11,21H2,1-3H3;1H. The Morgan fingerprint density at radius 3 is 2.56 bits per heavy atom. The number of benzene rings is 2. The zero-order chi connectivity index (χ0) is 19.1. The molecule has 2 N–H and O–H groups in total. The van der Waals surface area contributed by atoms with Crippen LogP contribution >= 0.6 is 12.4 Å². The van der Waals surface area contributed by atoms with E-state index < -0.39 is 4.92 Å². The molecule has 1 aliphatic rings. The minimum absolute atomic E-state index is 0. The quantitative estimate of drug-likeness (QED) is 0.465. The molecule has 0 fully saturated rings. The average Bonchev–Trinajstić information content (AvgIpc) is 2.59. The fourth-order valence-electron chi connectivity index (χ4n) is 3.47. The van der Waals surface area contributed by atoms with Crippen molar-refractivity contribution >= 4 is 35.4 Å². The molecule has 0 atom stereocenters. The monoisotopic (exact) mass is 389 g/mol. The molecule has 0 unspecified atom stereocenters. The van der Waals surface area contributed by atoms with E-state index in [0.717, 1.165) is 24.1 Å². The maximum absolute atomic E-state index is 13.1. The van der Waals surface area contributed by atoms with Gasteiger partial charge in [-0.15, -0.1) is 12.4 Å². The number of carbonyl (C=O) groups is 1. The topological polar surface area (TPSA) is 89.5 Å². The molecule has 3 rings (SSSR count). The Labute approximate surface area is 164 Å². The summed E-state index contributed by atoms with van der Waals surface area (Å²) in [5.41, 5.74) is 9.02. The lowest BCUT2D eigenvalue weighted by Crippen LogP contribution is -2.35. The second-order valence-electron chi connectivity index (χ2n) is 7.64. The molecule has 0 aliphatic carbocycles. The van der Waals surface area contributed by atoms with E-state index in [1.165, 1.54) is 6.07 Å². The third-order valence-electron chi connectivity index (χ3n) is 4.78. The summed E-state index contributed by atoms with van der Waals surface area (Å²) in [4.78, 5) is 25.9. The van der Waals surface area contributed by atoms with Crippen LogP contribution in [0.2, 0.25) is 0 Å². The fraction of sp³-hybridized carbons (Fsp3) is 0.350. The summed E-state index contributed by atoms with van der Waals surface area (Å²) >= 11 is 0. The van der Waals surface area contributed by atoms with Gasteiger partial charge in [0.15, 0.2) is 0 Å². The highest BCUT2D eigenvalue weighted by Gasteiger charge is 2.29. The number of amides is 1. The van der Waals surface area contributed by atoms with Crippen LogP contribution in [0.5, 0.6) is 0 Å². The maximum Gasteiger partial charge on any atom is 0.273 e. The van der Waals surface area contributed by atoms with Crippen molar-refractivity contribution in [2.45, 2.75) is 39.0 Å². The second-order valence-corrected chi connectivity index (χ2v) is 7.64. The van der Waals surface area contributed by atoms with Crippen LogP contribution in [0, 0.1) is 10.1 Å². The summed E-state index contributed by atoms with van der Waals surface area (Å²) in [5.74, 6) is -0.236. The molecule has 2 aromatic carbocycles. The lowest BCUT2D eigenvalue weighted by atomic mass is 9.85. The van der Waals surface area contributed by atoms with E-state index in [2.05, 4.69) is 0 Å². The lowest BCUT2D eigenvalue weighted by molar-refractivity contribution is -0.386. The highest BCUT2D eigenvalue weighted by molar-refractivity contribution is 6.07. The third-order valence-corrected chi connectivity index (χ3v) is 4.78. The molecule has 0 aromatic heterocycles. The Balaban J connectivity index is 0.00000261. The molecule has 0 radical (unpaired) electrons. The number of carbonyl (C=O) groups excluding carboxylic acids is 1. The van der Waals surface area contributed by atoms with Crippen LogP contribution in [0.3, 0.4) is 0 Å². The smallest absolute Gasteiger partial charge is 0.273 e. The molecule has 0 saturated heterocycles. The molecule has 1 heterocycles. The van der Waals surface area contributed by atoms with Gasteiger partial charge in [0.2, 0.25) is 0 Å². The van der Waals surface area contributed by atoms with E-state index in [0.29, 0.717) is 23.4 Å². The average molecular weight is 390 g/mol. The van der Waals surface area contributed by atoms with Gasteiger partial charge >= 0.3 is 0 Å². The molecule has 0 spiro atoms. The molecule has 144 valence electrons. The lowest BCUT2D eigenvalue weighted by Gasteiger charge is -2.30. The SMILES string of the molecule is CC(C)(C)c1ccc(C(=O)N2CCCc3c(N)cccc32)cc1[N+](=O)[O-].Cl. The first-order valence-electron chi connectivity index (χ1n) is 8.68. The van der Waals surface area contributed by atoms with E-state index in [9.17, 15) is 14.9 Å². The molecule has 2 aromatic rings. The number of hydrogen-bond acceptors (Lipinski definition) is 4. The predicted octanol–water partition coefficient (Wildman–Crippen LogP) is 4.49. The van der Waals surface area contributed by atoms with Gasteiger partial charge in [-0.3, -0.25) is 14.9 Å². The largest absolute Gasteiger partial charge is 0.398 e. The first-order valence-corrected chi connectivity index (χ1v) is 8.68. The zero-order valence-electron chi connectivity index (χ0n) is 15.7. The number of nitrogen functional groups attached to an aromatic ring is 1. The molecule has 1 amide bonds. The van der Waals surface area contributed by atoms with Crippen molar-refractivity contribution in [3.63, 3.8) is 0 Å². The Bertz CT molecular complexity index is 891. The summed E-state index contributed by atoms with van der Waals surface area (Å²) in [7, 11) is 0. The van der Waals surface area contributed by atoms with Crippen molar-refractivity contribution in [1.82, 2.24) is 0 Å². The summed E-state index contributed by atoms with van der Waals surface area (Å²) in [5, 5.41) is 11.5. The summed E-state index contributed by atoms with van der Waals surface area (Å²) in [6.45, 7) is 6.32. The number of halogens is 1. The third kappa shape index (κ3) is 3.90. The first kappa shape index (κ1) is 20.7. The number of nitro groups is 1. The van der Waals surface area contributed by atoms with Crippen molar-refractivity contribution < 1.29 is 9.72 Å². The van der Waals surface area contributed by atoms with Crippen molar-refractivity contribution in [3.8, 4) is 0 Å². The predicted molar refractivity (Wildman–Crippen MR) is 110 cm³/mol. The van der Waals surface area contributed by atoms with E-state index in [1.807, 2.05) is 39.0 Å². The number of nitrogens with zero attached hydrogens (tertiary/aromatic N) is 2. The van der Waals surface area contributed by atoms with Gasteiger partial charge in [-0.2, -0.15) is 0 Å². The molecule has 6 nitrogen and oxygen atoms in total. The van der Waals surface area contributed by atoms with E-state index in [1.54, 1.807) is 17.0 Å². The molecular weight excluding hydrogens is 366 g/mol. The maximum atomic E-state index is 13.1. The Morgan fingerprint density at radius 1 is 1.22 bits per heavy atom. The van der Waals surface area contributed by atoms with Crippen molar-refractivity contribution in [1.29, 1.82) is 0 Å². The highest BCUT2D eigenvalue weighted by atomic mass is 35.5. The van der Waals surface area contributed by atoms with Crippen LogP contribution in [-0.2, 0) is 11.8 Å². The molecule has 0 bridgehead atoms. The van der Waals surface area contributed by atoms with Crippen LogP contribution in [0.1, 0.15) is 48.7 Å². The summed E-state index contributed by atoms with van der Waals surface area (Å²) < 4.78 is 0. The van der Waals surface area contributed by atoms with Gasteiger partial charge in [-0.05, 0) is 42.0 Å².